The molecule has 1 saturated heterocycles. The van der Waals surface area contributed by atoms with Crippen molar-refractivity contribution < 1.29 is 44.5 Å². The van der Waals surface area contributed by atoms with Gasteiger partial charge in [0.1, 0.15) is 24.1 Å². The molecule has 9 heteroatoms. The maximum Gasteiger partial charge on any atom is 0.331 e. The van der Waals surface area contributed by atoms with Gasteiger partial charge in [-0.1, -0.05) is 24.3 Å². The van der Waals surface area contributed by atoms with Crippen molar-refractivity contribution in [2.24, 2.45) is 0 Å². The fourth-order valence-electron chi connectivity index (χ4n) is 3.31. The van der Waals surface area contributed by atoms with Crippen LogP contribution < -0.4 is 0 Å². The van der Waals surface area contributed by atoms with E-state index in [0.29, 0.717) is 18.4 Å². The summed E-state index contributed by atoms with van der Waals surface area (Å²) in [6, 6.07) is 6.11. The molecule has 0 spiro atoms. The van der Waals surface area contributed by atoms with Gasteiger partial charge in [-0.3, -0.25) is 0 Å². The molecule has 1 aromatic carbocycles. The van der Waals surface area contributed by atoms with Gasteiger partial charge < -0.3 is 39.7 Å². The van der Waals surface area contributed by atoms with E-state index in [2.05, 4.69) is 0 Å². The van der Waals surface area contributed by atoms with Crippen molar-refractivity contribution in [1.82, 2.24) is 0 Å². The molecule has 30 heavy (non-hydrogen) atoms. The molecule has 0 amide bonds. The number of aliphatic hydroxyl groups excluding tert-OH is 4. The molecule has 2 aliphatic rings. The largest absolute Gasteiger partial charge is 0.508 e. The highest BCUT2D eigenvalue weighted by molar-refractivity contribution is 5.87. The average molecular weight is 422 g/mol. The van der Waals surface area contributed by atoms with Gasteiger partial charge in [-0.15, -0.1) is 0 Å². The number of hydrogen-bond acceptors (Lipinski definition) is 9. The van der Waals surface area contributed by atoms with Crippen LogP contribution in [-0.2, 0) is 19.0 Å². The van der Waals surface area contributed by atoms with Crippen LogP contribution in [0.2, 0.25) is 0 Å². The molecule has 7 atom stereocenters. The minimum absolute atomic E-state index is 0.0874. The predicted molar refractivity (Wildman–Crippen MR) is 104 cm³/mol. The van der Waals surface area contributed by atoms with E-state index in [-0.39, 0.29) is 5.75 Å². The lowest BCUT2D eigenvalue weighted by Gasteiger charge is -2.42. The highest BCUT2D eigenvalue weighted by Crippen LogP contribution is 2.28. The van der Waals surface area contributed by atoms with E-state index in [9.17, 15) is 30.3 Å². The van der Waals surface area contributed by atoms with Gasteiger partial charge in [-0.2, -0.15) is 0 Å². The van der Waals surface area contributed by atoms with Crippen LogP contribution in [0.3, 0.4) is 0 Å². The summed E-state index contributed by atoms with van der Waals surface area (Å²) < 4.78 is 16.5. The molecular formula is C21H26O9. The summed E-state index contributed by atoms with van der Waals surface area (Å²) in [5.41, 5.74) is 0.635. The molecule has 1 heterocycles. The number of esters is 1. The summed E-state index contributed by atoms with van der Waals surface area (Å²) in [5, 5.41) is 49.4. The quantitative estimate of drug-likeness (QED) is 0.240. The second-order valence-electron chi connectivity index (χ2n) is 7.22. The Labute approximate surface area is 173 Å². The second kappa shape index (κ2) is 10.2. The van der Waals surface area contributed by atoms with Crippen LogP contribution in [-0.4, -0.2) is 81.0 Å². The molecule has 1 aliphatic carbocycles. The van der Waals surface area contributed by atoms with Crippen LogP contribution in [0.5, 0.6) is 5.75 Å². The van der Waals surface area contributed by atoms with Crippen LogP contribution in [0.1, 0.15) is 18.4 Å². The summed E-state index contributed by atoms with van der Waals surface area (Å²) in [6.07, 6.45) is -1.33. The van der Waals surface area contributed by atoms with Crippen LogP contribution in [0, 0.1) is 0 Å². The smallest absolute Gasteiger partial charge is 0.331 e. The average Bonchev–Trinajstić information content (AvgIpc) is 2.74. The number of phenols is 1. The van der Waals surface area contributed by atoms with E-state index in [1.165, 1.54) is 18.2 Å². The lowest BCUT2D eigenvalue weighted by molar-refractivity contribution is -0.318. The predicted octanol–water partition coefficient (Wildman–Crippen LogP) is -0.148. The molecule has 1 aliphatic heterocycles. The van der Waals surface area contributed by atoms with Crippen LogP contribution in [0.4, 0.5) is 0 Å². The second-order valence-corrected chi connectivity index (χ2v) is 7.22. The van der Waals surface area contributed by atoms with Gasteiger partial charge >= 0.3 is 5.97 Å². The van der Waals surface area contributed by atoms with Gasteiger partial charge in [-0.25, -0.2) is 4.79 Å². The number of carbonyl (C=O) groups excluding carboxylic acids is 1. The van der Waals surface area contributed by atoms with Crippen molar-refractivity contribution in [3.63, 3.8) is 0 Å². The fraction of sp³-hybridized carbons (Fsp3) is 0.476. The minimum Gasteiger partial charge on any atom is -0.508 e. The standard InChI is InChI=1S/C21H26O9/c22-11-16-18(26)19(27)20(21(29-16)28-15-4-2-1-3-14(15)24)30-17(25)10-7-12-5-8-13(23)9-6-12/h1-2,5-10,14-16,18-24,26-27H,3-4,11H2/b10-7-/t14-,15-,16-,18-,19+,20-,21-/m1/s1. The van der Waals surface area contributed by atoms with Crippen molar-refractivity contribution in [2.45, 2.75) is 55.8 Å². The van der Waals surface area contributed by atoms with Gasteiger partial charge in [0, 0.05) is 6.08 Å². The zero-order valence-electron chi connectivity index (χ0n) is 16.2. The number of rotatable bonds is 6. The third kappa shape index (κ3) is 5.45. The van der Waals surface area contributed by atoms with Gasteiger partial charge in [0.05, 0.1) is 18.8 Å². The summed E-state index contributed by atoms with van der Waals surface area (Å²) in [4.78, 5) is 12.3. The Morgan fingerprint density at radius 3 is 2.47 bits per heavy atom. The molecule has 0 saturated carbocycles. The molecule has 164 valence electrons. The van der Waals surface area contributed by atoms with Crippen LogP contribution in [0.15, 0.2) is 42.5 Å². The third-order valence-electron chi connectivity index (χ3n) is 5.03. The zero-order chi connectivity index (χ0) is 21.7. The molecule has 1 aromatic rings. The Morgan fingerprint density at radius 2 is 1.80 bits per heavy atom. The first-order valence-corrected chi connectivity index (χ1v) is 9.67. The van der Waals surface area contributed by atoms with E-state index < -0.39 is 55.5 Å². The number of carbonyl (C=O) groups is 1. The Bertz CT molecular complexity index is 760. The molecular weight excluding hydrogens is 396 g/mol. The van der Waals surface area contributed by atoms with Gasteiger partial charge in [-0.05, 0) is 36.6 Å². The lowest BCUT2D eigenvalue weighted by Crippen LogP contribution is -2.61. The van der Waals surface area contributed by atoms with Gasteiger partial charge in [0.2, 0.25) is 0 Å². The minimum atomic E-state index is -1.57. The molecule has 0 radical (unpaired) electrons. The van der Waals surface area contributed by atoms with Crippen molar-refractivity contribution in [2.75, 3.05) is 6.61 Å². The van der Waals surface area contributed by atoms with Crippen LogP contribution in [0.25, 0.3) is 6.08 Å². The third-order valence-corrected chi connectivity index (χ3v) is 5.03. The zero-order valence-corrected chi connectivity index (χ0v) is 16.2. The summed E-state index contributed by atoms with van der Waals surface area (Å²) in [5.74, 6) is -0.729. The van der Waals surface area contributed by atoms with Crippen LogP contribution >= 0.6 is 0 Å². The van der Waals surface area contributed by atoms with E-state index in [1.807, 2.05) is 12.2 Å². The number of aromatic hydroxyl groups is 1. The highest BCUT2D eigenvalue weighted by atomic mass is 16.7. The number of hydrogen-bond donors (Lipinski definition) is 5. The summed E-state index contributed by atoms with van der Waals surface area (Å²) in [7, 11) is 0. The van der Waals surface area contributed by atoms with Gasteiger partial charge in [0.25, 0.3) is 0 Å². The molecule has 0 unspecified atom stereocenters. The topological polar surface area (TPSA) is 146 Å². The summed E-state index contributed by atoms with van der Waals surface area (Å²) >= 11 is 0. The molecule has 9 nitrogen and oxygen atoms in total. The Hall–Kier alpha value is -2.27. The van der Waals surface area contributed by atoms with Crippen molar-refractivity contribution in [1.29, 1.82) is 0 Å². The van der Waals surface area contributed by atoms with Crippen molar-refractivity contribution in [3.8, 4) is 5.75 Å². The number of aliphatic hydroxyl groups is 4. The van der Waals surface area contributed by atoms with Crippen molar-refractivity contribution >= 4 is 12.0 Å². The number of benzene rings is 1. The molecule has 3 rings (SSSR count). The lowest BCUT2D eigenvalue weighted by atomic mass is 9.98. The van der Waals surface area contributed by atoms with E-state index in [1.54, 1.807) is 12.1 Å². The molecule has 0 bridgehead atoms. The normalized spacial score (nSPS) is 34.2. The highest BCUT2D eigenvalue weighted by Gasteiger charge is 2.48. The molecule has 1 fully saturated rings. The fourth-order valence-corrected chi connectivity index (χ4v) is 3.31. The Balaban J connectivity index is 1.71. The first-order chi connectivity index (χ1) is 14.4. The monoisotopic (exact) mass is 422 g/mol. The van der Waals surface area contributed by atoms with E-state index in [0.717, 1.165) is 6.08 Å². The molecule has 5 N–H and O–H groups in total. The Kier molecular flexibility index (Phi) is 7.59. The first-order valence-electron chi connectivity index (χ1n) is 9.67. The van der Waals surface area contributed by atoms with E-state index >= 15 is 0 Å². The SMILES string of the molecule is O=C(/C=C\c1ccc(O)cc1)O[C@H]1[C@H](O[C@@H]2CC=CC[C@H]2O)O[C@H](CO)[C@@H](O)[C@@H]1O. The number of phenolic OH excluding ortho intramolecular Hbond substituents is 1. The Morgan fingerprint density at radius 1 is 1.10 bits per heavy atom. The van der Waals surface area contributed by atoms with Gasteiger partial charge in [0.15, 0.2) is 12.4 Å². The first kappa shape index (κ1) is 22.4. The maximum absolute atomic E-state index is 12.3. The maximum atomic E-state index is 12.3. The summed E-state index contributed by atoms with van der Waals surface area (Å²) in [6.45, 7) is -0.577. The van der Waals surface area contributed by atoms with E-state index in [4.69, 9.17) is 14.2 Å². The van der Waals surface area contributed by atoms with Crippen molar-refractivity contribution in [3.05, 3.63) is 48.1 Å². The number of ether oxygens (including phenoxy) is 3. The molecule has 0 aromatic heterocycles.